The third-order valence-corrected chi connectivity index (χ3v) is 3.36. The first kappa shape index (κ1) is 17.0. The van der Waals surface area contributed by atoms with Crippen LogP contribution in [0, 0.1) is 0 Å². The molecule has 1 atom stereocenters. The van der Waals surface area contributed by atoms with Gasteiger partial charge in [0.25, 0.3) is 5.56 Å². The fourth-order valence-corrected chi connectivity index (χ4v) is 2.45. The largest absolute Gasteiger partial charge is 0.497 e. The molecule has 2 rings (SSSR count). The van der Waals surface area contributed by atoms with E-state index in [-0.39, 0.29) is 11.6 Å². The number of H-pyrrole nitrogens is 1. The van der Waals surface area contributed by atoms with Crippen LogP contribution in [0.4, 0.5) is 5.95 Å². The van der Waals surface area contributed by atoms with E-state index < -0.39 is 0 Å². The molecule has 1 aromatic carbocycles. The van der Waals surface area contributed by atoms with E-state index >= 15 is 0 Å². The second kappa shape index (κ2) is 7.78. The number of rotatable bonds is 7. The number of benzene rings is 1. The van der Waals surface area contributed by atoms with Crippen LogP contribution in [0.2, 0.25) is 0 Å². The predicted molar refractivity (Wildman–Crippen MR) is 92.3 cm³/mol. The Morgan fingerprint density at radius 1 is 1.30 bits per heavy atom. The van der Waals surface area contributed by atoms with Crippen LogP contribution in [0.5, 0.6) is 5.75 Å². The van der Waals surface area contributed by atoms with Gasteiger partial charge in [0.15, 0.2) is 0 Å². The topological polar surface area (TPSA) is 70.2 Å². The van der Waals surface area contributed by atoms with E-state index in [1.54, 1.807) is 7.11 Å². The summed E-state index contributed by atoms with van der Waals surface area (Å²) >= 11 is 0. The Kier molecular flexibility index (Phi) is 5.76. The molecule has 1 heterocycles. The Morgan fingerprint density at radius 2 is 2.00 bits per heavy atom. The number of aromatic nitrogens is 2. The van der Waals surface area contributed by atoms with Crippen LogP contribution in [-0.2, 0) is 6.42 Å². The second-order valence-corrected chi connectivity index (χ2v) is 5.92. The van der Waals surface area contributed by atoms with Gasteiger partial charge in [0.05, 0.1) is 12.8 Å². The fourth-order valence-electron chi connectivity index (χ4n) is 2.45. The van der Waals surface area contributed by atoms with Crippen molar-refractivity contribution in [1.29, 1.82) is 0 Å². The molecule has 0 saturated heterocycles. The van der Waals surface area contributed by atoms with E-state index in [1.165, 1.54) is 6.07 Å². The number of aromatic amines is 1. The van der Waals surface area contributed by atoms with Gasteiger partial charge in [0, 0.05) is 25.1 Å². The Morgan fingerprint density at radius 3 is 2.61 bits per heavy atom. The molecule has 0 radical (unpaired) electrons. The van der Waals surface area contributed by atoms with Gasteiger partial charge in [-0.1, -0.05) is 12.1 Å². The highest BCUT2D eigenvalue weighted by Crippen LogP contribution is 2.14. The lowest BCUT2D eigenvalue weighted by Gasteiger charge is -2.18. The summed E-state index contributed by atoms with van der Waals surface area (Å²) in [5, 5.41) is 3.23. The lowest BCUT2D eigenvalue weighted by Crippen LogP contribution is -2.31. The summed E-state index contributed by atoms with van der Waals surface area (Å²) in [6, 6.07) is 9.48. The van der Waals surface area contributed by atoms with Crippen LogP contribution in [0.3, 0.4) is 0 Å². The SMILES string of the molecule is COc1ccc(Cc2cc(=O)[nH]c(NC(C)CN(C)C)n2)cc1. The standard InChI is InChI=1S/C17H24N4O2/c1-12(11-21(2)3)18-17-19-14(10-16(22)20-17)9-13-5-7-15(23-4)8-6-13/h5-8,10,12H,9,11H2,1-4H3,(H2,18,19,20,22). The fraction of sp³-hybridized carbons (Fsp3) is 0.412. The Hall–Kier alpha value is -2.34. The molecule has 0 aliphatic rings. The zero-order valence-electron chi connectivity index (χ0n) is 14.1. The maximum absolute atomic E-state index is 11.8. The molecular formula is C17H24N4O2. The number of nitrogens with zero attached hydrogens (tertiary/aromatic N) is 2. The van der Waals surface area contributed by atoms with Gasteiger partial charge >= 0.3 is 0 Å². The van der Waals surface area contributed by atoms with E-state index in [1.807, 2.05) is 38.4 Å². The molecular weight excluding hydrogens is 292 g/mol. The molecule has 0 bridgehead atoms. The molecule has 23 heavy (non-hydrogen) atoms. The molecule has 0 amide bonds. The summed E-state index contributed by atoms with van der Waals surface area (Å²) in [5.74, 6) is 1.32. The highest BCUT2D eigenvalue weighted by molar-refractivity contribution is 5.32. The third kappa shape index (κ3) is 5.41. The molecule has 1 aromatic heterocycles. The predicted octanol–water partition coefficient (Wildman–Crippen LogP) is 1.73. The zero-order valence-corrected chi connectivity index (χ0v) is 14.1. The normalized spacial score (nSPS) is 12.2. The lowest BCUT2D eigenvalue weighted by molar-refractivity contribution is 0.391. The van der Waals surface area contributed by atoms with E-state index in [0.717, 1.165) is 23.6 Å². The van der Waals surface area contributed by atoms with Crippen molar-refractivity contribution in [3.05, 3.63) is 51.9 Å². The molecule has 6 heteroatoms. The Bertz CT molecular complexity index is 680. The van der Waals surface area contributed by atoms with Crippen molar-refractivity contribution in [2.45, 2.75) is 19.4 Å². The zero-order chi connectivity index (χ0) is 16.8. The van der Waals surface area contributed by atoms with E-state index in [0.29, 0.717) is 12.4 Å². The molecule has 6 nitrogen and oxygen atoms in total. The lowest BCUT2D eigenvalue weighted by atomic mass is 10.1. The number of hydrogen-bond donors (Lipinski definition) is 2. The summed E-state index contributed by atoms with van der Waals surface area (Å²) in [6.45, 7) is 2.91. The van der Waals surface area contributed by atoms with Gasteiger partial charge < -0.3 is 15.0 Å². The van der Waals surface area contributed by atoms with Gasteiger partial charge in [-0.15, -0.1) is 0 Å². The number of likely N-dealkylation sites (N-methyl/N-ethyl adjacent to an activating group) is 1. The van der Waals surface area contributed by atoms with Crippen molar-refractivity contribution in [1.82, 2.24) is 14.9 Å². The smallest absolute Gasteiger partial charge is 0.252 e. The summed E-state index contributed by atoms with van der Waals surface area (Å²) in [5.41, 5.74) is 1.66. The van der Waals surface area contributed by atoms with Gasteiger partial charge in [0.2, 0.25) is 5.95 Å². The highest BCUT2D eigenvalue weighted by Gasteiger charge is 2.07. The van der Waals surface area contributed by atoms with Crippen LogP contribution in [0.15, 0.2) is 35.1 Å². The molecule has 0 saturated carbocycles. The number of ether oxygens (including phenoxy) is 1. The number of hydrogen-bond acceptors (Lipinski definition) is 5. The van der Waals surface area contributed by atoms with E-state index in [9.17, 15) is 4.79 Å². The summed E-state index contributed by atoms with van der Waals surface area (Å²) in [7, 11) is 5.66. The molecule has 1 unspecified atom stereocenters. The van der Waals surface area contributed by atoms with Crippen LogP contribution < -0.4 is 15.6 Å². The van der Waals surface area contributed by atoms with Crippen molar-refractivity contribution in [3.63, 3.8) is 0 Å². The number of anilines is 1. The van der Waals surface area contributed by atoms with E-state index in [2.05, 4.69) is 27.1 Å². The molecule has 0 spiro atoms. The first-order valence-corrected chi connectivity index (χ1v) is 7.60. The molecule has 124 valence electrons. The van der Waals surface area contributed by atoms with Crippen LogP contribution >= 0.6 is 0 Å². The average molecular weight is 316 g/mol. The van der Waals surface area contributed by atoms with Gasteiger partial charge in [-0.05, 0) is 38.7 Å². The monoisotopic (exact) mass is 316 g/mol. The van der Waals surface area contributed by atoms with Crippen LogP contribution in [0.1, 0.15) is 18.2 Å². The third-order valence-electron chi connectivity index (χ3n) is 3.36. The van der Waals surface area contributed by atoms with Gasteiger partial charge in [-0.2, -0.15) is 0 Å². The summed E-state index contributed by atoms with van der Waals surface area (Å²) < 4.78 is 5.15. The molecule has 2 aromatic rings. The van der Waals surface area contributed by atoms with Crippen LogP contribution in [0.25, 0.3) is 0 Å². The Balaban J connectivity index is 2.11. The maximum Gasteiger partial charge on any atom is 0.252 e. The minimum Gasteiger partial charge on any atom is -0.497 e. The van der Waals surface area contributed by atoms with Gasteiger partial charge in [-0.3, -0.25) is 9.78 Å². The molecule has 0 aliphatic heterocycles. The molecule has 0 aliphatic carbocycles. The van der Waals surface area contributed by atoms with Crippen molar-refractivity contribution in [3.8, 4) is 5.75 Å². The molecule has 0 fully saturated rings. The Labute approximate surface area is 136 Å². The summed E-state index contributed by atoms with van der Waals surface area (Å²) in [6.07, 6.45) is 0.602. The van der Waals surface area contributed by atoms with Crippen LogP contribution in [-0.4, -0.2) is 48.7 Å². The number of nitrogens with one attached hydrogen (secondary N) is 2. The minimum atomic E-state index is -0.150. The van der Waals surface area contributed by atoms with Gasteiger partial charge in [-0.25, -0.2) is 4.98 Å². The second-order valence-electron chi connectivity index (χ2n) is 5.92. The van der Waals surface area contributed by atoms with Gasteiger partial charge in [0.1, 0.15) is 5.75 Å². The first-order chi connectivity index (χ1) is 11.0. The molecule has 2 N–H and O–H groups in total. The van der Waals surface area contributed by atoms with E-state index in [4.69, 9.17) is 4.74 Å². The minimum absolute atomic E-state index is 0.150. The van der Waals surface area contributed by atoms with Crippen molar-refractivity contribution >= 4 is 5.95 Å². The summed E-state index contributed by atoms with van der Waals surface area (Å²) in [4.78, 5) is 21.2. The van der Waals surface area contributed by atoms with Crippen molar-refractivity contribution in [2.24, 2.45) is 0 Å². The maximum atomic E-state index is 11.8. The van der Waals surface area contributed by atoms with Crippen molar-refractivity contribution in [2.75, 3.05) is 33.1 Å². The van der Waals surface area contributed by atoms with Crippen molar-refractivity contribution < 1.29 is 4.74 Å². The highest BCUT2D eigenvalue weighted by atomic mass is 16.5. The average Bonchev–Trinajstić information content (AvgIpc) is 2.46. The quantitative estimate of drug-likeness (QED) is 0.814. The first-order valence-electron chi connectivity index (χ1n) is 7.60. The number of methoxy groups -OCH3 is 1.